The molecule has 0 bridgehead atoms. The Bertz CT molecular complexity index is 630. The molecule has 0 radical (unpaired) electrons. The molecule has 24 heavy (non-hydrogen) atoms. The van der Waals surface area contributed by atoms with Crippen LogP contribution in [-0.2, 0) is 13.1 Å². The number of aromatic nitrogens is 3. The zero-order valence-electron chi connectivity index (χ0n) is 14.0. The van der Waals surface area contributed by atoms with Gasteiger partial charge in [0.25, 0.3) is 0 Å². The Morgan fingerprint density at radius 3 is 2.62 bits per heavy atom. The van der Waals surface area contributed by atoms with Crippen molar-refractivity contribution in [1.29, 1.82) is 0 Å². The summed E-state index contributed by atoms with van der Waals surface area (Å²) in [5.41, 5.74) is 1.55. The highest BCUT2D eigenvalue weighted by atomic mass is 127. The summed E-state index contributed by atoms with van der Waals surface area (Å²) in [7, 11) is 1.72. The van der Waals surface area contributed by atoms with Gasteiger partial charge >= 0.3 is 0 Å². The summed E-state index contributed by atoms with van der Waals surface area (Å²) >= 11 is 0. The van der Waals surface area contributed by atoms with Crippen molar-refractivity contribution in [3.05, 3.63) is 47.8 Å². The quantitative estimate of drug-likeness (QED) is 0.297. The Morgan fingerprint density at radius 1 is 1.21 bits per heavy atom. The Morgan fingerprint density at radius 2 is 1.96 bits per heavy atom. The molecule has 0 spiro atoms. The number of rotatable bonds is 7. The van der Waals surface area contributed by atoms with Gasteiger partial charge in [-0.2, -0.15) is 0 Å². The second-order valence-corrected chi connectivity index (χ2v) is 5.34. The lowest BCUT2D eigenvalue weighted by Gasteiger charge is -2.12. The highest BCUT2D eigenvalue weighted by Crippen LogP contribution is 2.08. The number of aryl methyl sites for hydroxylation is 2. The zero-order valence-corrected chi connectivity index (χ0v) is 16.3. The highest BCUT2D eigenvalue weighted by Gasteiger charge is 2.01. The van der Waals surface area contributed by atoms with E-state index >= 15 is 0 Å². The molecule has 2 aromatic rings. The Labute approximate surface area is 159 Å². The fourth-order valence-corrected chi connectivity index (χ4v) is 2.12. The maximum Gasteiger partial charge on any atom is 0.191 e. The number of hydrogen-bond acceptors (Lipinski definition) is 3. The Kier molecular flexibility index (Phi) is 9.28. The van der Waals surface area contributed by atoms with E-state index in [0.717, 1.165) is 37.5 Å². The summed E-state index contributed by atoms with van der Waals surface area (Å²) in [6, 6.07) is 5.25. The van der Waals surface area contributed by atoms with Crippen molar-refractivity contribution in [2.75, 3.05) is 13.6 Å². The molecule has 0 saturated carbocycles. The SMILES string of the molecule is CN=C(NCCCCn1cnnc1)NCc1ccc(C)c(F)c1.I. The minimum absolute atomic E-state index is 0. The van der Waals surface area contributed by atoms with Crippen LogP contribution in [0.3, 0.4) is 0 Å². The lowest BCUT2D eigenvalue weighted by Crippen LogP contribution is -2.37. The van der Waals surface area contributed by atoms with Crippen molar-refractivity contribution in [3.63, 3.8) is 0 Å². The maximum absolute atomic E-state index is 13.5. The standard InChI is InChI=1S/C16H23FN6.HI/c1-13-5-6-14(9-15(13)17)10-20-16(18-2)19-7-3-4-8-23-11-21-22-12-23;/h5-6,9,11-12H,3-4,7-8,10H2,1-2H3,(H2,18,19,20);1H. The van der Waals surface area contributed by atoms with Crippen molar-refractivity contribution in [2.45, 2.75) is 32.9 Å². The highest BCUT2D eigenvalue weighted by molar-refractivity contribution is 14.0. The molecule has 132 valence electrons. The van der Waals surface area contributed by atoms with Crippen LogP contribution < -0.4 is 10.6 Å². The van der Waals surface area contributed by atoms with E-state index in [1.807, 2.05) is 10.6 Å². The predicted octanol–water partition coefficient (Wildman–Crippen LogP) is 2.49. The summed E-state index contributed by atoms with van der Waals surface area (Å²) in [6.07, 6.45) is 5.48. The Balaban J connectivity index is 0.00000288. The summed E-state index contributed by atoms with van der Waals surface area (Å²) in [5.74, 6) is 0.538. The molecule has 0 atom stereocenters. The van der Waals surface area contributed by atoms with E-state index in [0.29, 0.717) is 12.1 Å². The fourth-order valence-electron chi connectivity index (χ4n) is 2.12. The molecule has 0 aliphatic carbocycles. The van der Waals surface area contributed by atoms with Crippen molar-refractivity contribution >= 4 is 29.9 Å². The molecule has 2 N–H and O–H groups in total. The van der Waals surface area contributed by atoms with Gasteiger partial charge in [-0.25, -0.2) is 4.39 Å². The number of nitrogens with one attached hydrogen (secondary N) is 2. The molecular weight excluding hydrogens is 422 g/mol. The maximum atomic E-state index is 13.5. The van der Waals surface area contributed by atoms with Gasteiger partial charge in [0.2, 0.25) is 0 Å². The first-order valence-corrected chi connectivity index (χ1v) is 7.71. The van der Waals surface area contributed by atoms with Gasteiger partial charge in [-0.05, 0) is 37.0 Å². The van der Waals surface area contributed by atoms with E-state index in [4.69, 9.17) is 0 Å². The molecule has 0 amide bonds. The largest absolute Gasteiger partial charge is 0.356 e. The number of guanidine groups is 1. The van der Waals surface area contributed by atoms with Gasteiger partial charge in [0.05, 0.1) is 0 Å². The van der Waals surface area contributed by atoms with Gasteiger partial charge in [0.15, 0.2) is 5.96 Å². The number of hydrogen-bond donors (Lipinski definition) is 2. The average Bonchev–Trinajstić information content (AvgIpc) is 3.06. The normalized spacial score (nSPS) is 11.0. The molecule has 1 heterocycles. The first kappa shape index (κ1) is 20.3. The number of halogens is 2. The van der Waals surface area contributed by atoms with E-state index in [1.54, 1.807) is 38.8 Å². The van der Waals surface area contributed by atoms with Crippen molar-refractivity contribution in [1.82, 2.24) is 25.4 Å². The van der Waals surface area contributed by atoms with Crippen LogP contribution >= 0.6 is 24.0 Å². The van der Waals surface area contributed by atoms with Gasteiger partial charge < -0.3 is 15.2 Å². The molecule has 2 rings (SSSR count). The first-order chi connectivity index (χ1) is 11.2. The lowest BCUT2D eigenvalue weighted by atomic mass is 10.1. The van der Waals surface area contributed by atoms with E-state index in [2.05, 4.69) is 25.8 Å². The minimum atomic E-state index is -0.179. The molecule has 1 aromatic heterocycles. The zero-order chi connectivity index (χ0) is 16.5. The molecule has 0 aliphatic heterocycles. The third kappa shape index (κ3) is 6.81. The molecule has 0 unspecified atom stereocenters. The van der Waals surface area contributed by atoms with Crippen LogP contribution in [0.15, 0.2) is 35.8 Å². The molecule has 0 aliphatic rings. The third-order valence-corrected chi connectivity index (χ3v) is 3.52. The van der Waals surface area contributed by atoms with Crippen LogP contribution in [0, 0.1) is 12.7 Å². The number of aliphatic imine (C=N–C) groups is 1. The molecule has 6 nitrogen and oxygen atoms in total. The number of unbranched alkanes of at least 4 members (excludes halogenated alkanes) is 1. The second-order valence-electron chi connectivity index (χ2n) is 5.34. The van der Waals surface area contributed by atoms with E-state index in [-0.39, 0.29) is 29.8 Å². The predicted molar refractivity (Wildman–Crippen MR) is 104 cm³/mol. The molecular formula is C16H24FIN6. The van der Waals surface area contributed by atoms with Gasteiger partial charge in [-0.1, -0.05) is 12.1 Å². The van der Waals surface area contributed by atoms with Crippen LogP contribution in [0.2, 0.25) is 0 Å². The van der Waals surface area contributed by atoms with Crippen molar-refractivity contribution in [3.8, 4) is 0 Å². The monoisotopic (exact) mass is 446 g/mol. The van der Waals surface area contributed by atoms with Gasteiger partial charge in [0, 0.05) is 26.7 Å². The summed E-state index contributed by atoms with van der Waals surface area (Å²) in [5, 5.41) is 14.0. The number of benzene rings is 1. The topological polar surface area (TPSA) is 67.1 Å². The average molecular weight is 446 g/mol. The fraction of sp³-hybridized carbons (Fsp3) is 0.438. The minimum Gasteiger partial charge on any atom is -0.356 e. The summed E-state index contributed by atoms with van der Waals surface area (Å²) < 4.78 is 15.5. The second kappa shape index (κ2) is 11.0. The van der Waals surface area contributed by atoms with Gasteiger partial charge in [-0.15, -0.1) is 34.2 Å². The summed E-state index contributed by atoms with van der Waals surface area (Å²) in [6.45, 7) is 4.03. The van der Waals surface area contributed by atoms with E-state index < -0.39 is 0 Å². The molecule has 0 saturated heterocycles. The van der Waals surface area contributed by atoms with Crippen LogP contribution in [0.4, 0.5) is 4.39 Å². The first-order valence-electron chi connectivity index (χ1n) is 7.71. The van der Waals surface area contributed by atoms with E-state index in [1.165, 1.54) is 0 Å². The lowest BCUT2D eigenvalue weighted by molar-refractivity contribution is 0.597. The van der Waals surface area contributed by atoms with Gasteiger partial charge in [-0.3, -0.25) is 4.99 Å². The van der Waals surface area contributed by atoms with Crippen LogP contribution in [-0.4, -0.2) is 34.3 Å². The Hall–Kier alpha value is -1.71. The molecule has 0 fully saturated rings. The number of nitrogens with zero attached hydrogens (tertiary/aromatic N) is 4. The molecule has 1 aromatic carbocycles. The van der Waals surface area contributed by atoms with Crippen LogP contribution in [0.1, 0.15) is 24.0 Å². The third-order valence-electron chi connectivity index (χ3n) is 3.52. The molecule has 8 heteroatoms. The summed E-state index contributed by atoms with van der Waals surface area (Å²) in [4.78, 5) is 4.17. The van der Waals surface area contributed by atoms with Crippen molar-refractivity contribution in [2.24, 2.45) is 4.99 Å². The van der Waals surface area contributed by atoms with Gasteiger partial charge in [0.1, 0.15) is 18.5 Å². The van der Waals surface area contributed by atoms with E-state index in [9.17, 15) is 4.39 Å². The van der Waals surface area contributed by atoms with Crippen LogP contribution in [0.25, 0.3) is 0 Å². The smallest absolute Gasteiger partial charge is 0.191 e. The van der Waals surface area contributed by atoms with Crippen molar-refractivity contribution < 1.29 is 4.39 Å². The van der Waals surface area contributed by atoms with Crippen LogP contribution in [0.5, 0.6) is 0 Å².